The smallest absolute Gasteiger partial charge is 0.0155 e. The zero-order valence-electron chi connectivity index (χ0n) is 13.0. The van der Waals surface area contributed by atoms with Crippen LogP contribution in [0, 0.1) is 6.92 Å². The normalized spacial score (nSPS) is 9.23. The summed E-state index contributed by atoms with van der Waals surface area (Å²) in [6.07, 6.45) is 0. The highest BCUT2D eigenvalue weighted by Gasteiger charge is 2.01. The van der Waals surface area contributed by atoms with Gasteiger partial charge in [-0.1, -0.05) is 100 Å². The summed E-state index contributed by atoms with van der Waals surface area (Å²) >= 11 is 0. The first-order chi connectivity index (χ1) is 10.3. The highest BCUT2D eigenvalue weighted by atomic mass is 14.1. The lowest BCUT2D eigenvalue weighted by atomic mass is 9.98. The summed E-state index contributed by atoms with van der Waals surface area (Å²) in [5, 5.41) is 0. The molecule has 3 aromatic carbocycles. The molecule has 0 atom stereocenters. The first kappa shape index (κ1) is 17.7. The SMILES string of the molecule is C.CC.Cc1ccccc1-c1ccc(-c2ccccc2)cc1. The minimum atomic E-state index is 0. The molecule has 0 aliphatic heterocycles. The van der Waals surface area contributed by atoms with Crippen molar-refractivity contribution in [2.24, 2.45) is 0 Å². The molecule has 0 unspecified atom stereocenters. The standard InChI is InChI=1S/C19H16.C2H6.CH4/c1-15-7-5-6-10-19(15)18-13-11-17(12-14-18)16-8-3-2-4-9-16;1-2;/h2-14H,1H3;1-2H3;1H4. The van der Waals surface area contributed by atoms with Gasteiger partial charge in [0.05, 0.1) is 0 Å². The number of benzene rings is 3. The molecule has 0 spiro atoms. The minimum absolute atomic E-state index is 0. The summed E-state index contributed by atoms with van der Waals surface area (Å²) in [6.45, 7) is 6.15. The molecular formula is C22H26. The van der Waals surface area contributed by atoms with Crippen molar-refractivity contribution >= 4 is 0 Å². The minimum Gasteiger partial charge on any atom is -0.0776 e. The van der Waals surface area contributed by atoms with Crippen molar-refractivity contribution in [2.45, 2.75) is 28.2 Å². The fraction of sp³-hybridized carbons (Fsp3) is 0.182. The molecule has 3 aromatic rings. The average Bonchev–Trinajstić information content (AvgIpc) is 2.58. The van der Waals surface area contributed by atoms with Gasteiger partial charge in [0.1, 0.15) is 0 Å². The van der Waals surface area contributed by atoms with E-state index < -0.39 is 0 Å². The fourth-order valence-corrected chi connectivity index (χ4v) is 2.37. The van der Waals surface area contributed by atoms with E-state index in [4.69, 9.17) is 0 Å². The highest BCUT2D eigenvalue weighted by molar-refractivity contribution is 5.72. The molecule has 0 saturated carbocycles. The van der Waals surface area contributed by atoms with Crippen LogP contribution >= 0.6 is 0 Å². The van der Waals surface area contributed by atoms with Crippen LogP contribution in [0.5, 0.6) is 0 Å². The molecule has 0 N–H and O–H groups in total. The molecular weight excluding hydrogens is 264 g/mol. The van der Waals surface area contributed by atoms with Gasteiger partial charge < -0.3 is 0 Å². The van der Waals surface area contributed by atoms with Crippen molar-refractivity contribution in [3.63, 3.8) is 0 Å². The van der Waals surface area contributed by atoms with Crippen LogP contribution in [0.2, 0.25) is 0 Å². The van der Waals surface area contributed by atoms with Gasteiger partial charge in [0, 0.05) is 0 Å². The molecule has 0 nitrogen and oxygen atoms in total. The molecule has 0 fully saturated rings. The predicted octanol–water partition coefficient (Wildman–Crippen LogP) is 6.99. The summed E-state index contributed by atoms with van der Waals surface area (Å²) in [5.41, 5.74) is 6.42. The summed E-state index contributed by atoms with van der Waals surface area (Å²) in [6, 6.07) is 27.8. The molecule has 3 rings (SSSR count). The number of hydrogen-bond donors (Lipinski definition) is 0. The molecule has 0 heteroatoms. The van der Waals surface area contributed by atoms with Crippen molar-refractivity contribution in [1.29, 1.82) is 0 Å². The zero-order chi connectivity index (χ0) is 15.1. The molecule has 0 radical (unpaired) electrons. The van der Waals surface area contributed by atoms with Gasteiger partial charge in [0.25, 0.3) is 0 Å². The summed E-state index contributed by atoms with van der Waals surface area (Å²) in [7, 11) is 0. The maximum atomic E-state index is 2.20. The lowest BCUT2D eigenvalue weighted by molar-refractivity contribution is 1.46. The van der Waals surface area contributed by atoms with E-state index in [-0.39, 0.29) is 7.43 Å². The second kappa shape index (κ2) is 8.84. The average molecular weight is 290 g/mol. The van der Waals surface area contributed by atoms with Crippen LogP contribution in [0.15, 0.2) is 78.9 Å². The molecule has 0 aliphatic rings. The van der Waals surface area contributed by atoms with Gasteiger partial charge in [-0.3, -0.25) is 0 Å². The topological polar surface area (TPSA) is 0 Å². The Kier molecular flexibility index (Phi) is 7.12. The number of hydrogen-bond acceptors (Lipinski definition) is 0. The van der Waals surface area contributed by atoms with E-state index in [0.29, 0.717) is 0 Å². The number of rotatable bonds is 2. The molecule has 0 bridgehead atoms. The van der Waals surface area contributed by atoms with E-state index in [1.807, 2.05) is 19.9 Å². The maximum absolute atomic E-state index is 2.20. The molecule has 0 heterocycles. The Labute approximate surface area is 135 Å². The predicted molar refractivity (Wildman–Crippen MR) is 100 cm³/mol. The monoisotopic (exact) mass is 290 g/mol. The Morgan fingerprint density at radius 3 is 1.55 bits per heavy atom. The molecule has 0 saturated heterocycles. The first-order valence-corrected chi connectivity index (χ1v) is 7.56. The van der Waals surface area contributed by atoms with Gasteiger partial charge in [0.2, 0.25) is 0 Å². The van der Waals surface area contributed by atoms with Crippen LogP contribution in [0.1, 0.15) is 26.8 Å². The lowest BCUT2D eigenvalue weighted by Crippen LogP contribution is -1.83. The van der Waals surface area contributed by atoms with Gasteiger partial charge >= 0.3 is 0 Å². The fourth-order valence-electron chi connectivity index (χ4n) is 2.37. The van der Waals surface area contributed by atoms with Crippen molar-refractivity contribution in [1.82, 2.24) is 0 Å². The van der Waals surface area contributed by atoms with E-state index in [2.05, 4.69) is 79.7 Å². The second-order valence-electron chi connectivity index (χ2n) is 4.76. The van der Waals surface area contributed by atoms with Gasteiger partial charge in [-0.25, -0.2) is 0 Å². The van der Waals surface area contributed by atoms with Crippen LogP contribution in [0.4, 0.5) is 0 Å². The van der Waals surface area contributed by atoms with E-state index in [0.717, 1.165) is 0 Å². The van der Waals surface area contributed by atoms with Crippen LogP contribution in [0.25, 0.3) is 22.3 Å². The van der Waals surface area contributed by atoms with Crippen molar-refractivity contribution < 1.29 is 0 Å². The Morgan fingerprint density at radius 1 is 0.500 bits per heavy atom. The molecule has 114 valence electrons. The zero-order valence-corrected chi connectivity index (χ0v) is 13.0. The second-order valence-corrected chi connectivity index (χ2v) is 4.76. The Balaban J connectivity index is 0.000000775. The Morgan fingerprint density at radius 2 is 0.955 bits per heavy atom. The third kappa shape index (κ3) is 4.08. The third-order valence-corrected chi connectivity index (χ3v) is 3.45. The molecule has 22 heavy (non-hydrogen) atoms. The highest BCUT2D eigenvalue weighted by Crippen LogP contribution is 2.26. The van der Waals surface area contributed by atoms with Gasteiger partial charge in [-0.15, -0.1) is 0 Å². The van der Waals surface area contributed by atoms with Crippen LogP contribution in [-0.4, -0.2) is 0 Å². The van der Waals surface area contributed by atoms with E-state index >= 15 is 0 Å². The van der Waals surface area contributed by atoms with E-state index in [1.54, 1.807) is 0 Å². The molecule has 0 aliphatic carbocycles. The van der Waals surface area contributed by atoms with Crippen LogP contribution in [-0.2, 0) is 0 Å². The first-order valence-electron chi connectivity index (χ1n) is 7.56. The van der Waals surface area contributed by atoms with Gasteiger partial charge in [0.15, 0.2) is 0 Å². The summed E-state index contributed by atoms with van der Waals surface area (Å²) in [5.74, 6) is 0. The lowest BCUT2D eigenvalue weighted by Gasteiger charge is -2.07. The van der Waals surface area contributed by atoms with Crippen molar-refractivity contribution in [3.05, 3.63) is 84.4 Å². The van der Waals surface area contributed by atoms with Gasteiger partial charge in [-0.05, 0) is 34.7 Å². The van der Waals surface area contributed by atoms with E-state index in [1.165, 1.54) is 27.8 Å². The quantitative estimate of drug-likeness (QED) is 0.477. The maximum Gasteiger partial charge on any atom is -0.0155 e. The van der Waals surface area contributed by atoms with Crippen molar-refractivity contribution in [2.75, 3.05) is 0 Å². The summed E-state index contributed by atoms with van der Waals surface area (Å²) in [4.78, 5) is 0. The number of aryl methyl sites for hydroxylation is 1. The Bertz CT molecular complexity index is 664. The molecule has 0 aromatic heterocycles. The third-order valence-electron chi connectivity index (χ3n) is 3.45. The largest absolute Gasteiger partial charge is 0.0776 e. The van der Waals surface area contributed by atoms with Crippen LogP contribution in [0.3, 0.4) is 0 Å². The summed E-state index contributed by atoms with van der Waals surface area (Å²) < 4.78 is 0. The molecule has 0 amide bonds. The Hall–Kier alpha value is -2.34. The van der Waals surface area contributed by atoms with Crippen molar-refractivity contribution in [3.8, 4) is 22.3 Å². The van der Waals surface area contributed by atoms with Crippen LogP contribution < -0.4 is 0 Å². The van der Waals surface area contributed by atoms with E-state index in [9.17, 15) is 0 Å². The van der Waals surface area contributed by atoms with Gasteiger partial charge in [-0.2, -0.15) is 0 Å².